The second-order valence-electron chi connectivity index (χ2n) is 5.19. The Hall–Kier alpha value is -1.94. The van der Waals surface area contributed by atoms with Gasteiger partial charge in [-0.3, -0.25) is 4.79 Å². The van der Waals surface area contributed by atoms with Gasteiger partial charge in [0.05, 0.1) is 22.9 Å². The summed E-state index contributed by atoms with van der Waals surface area (Å²) in [5.74, 6) is 0.658. The molecule has 2 heterocycles. The molecule has 1 amide bonds. The molecule has 0 radical (unpaired) electrons. The predicted octanol–water partition coefficient (Wildman–Crippen LogP) is 4.01. The van der Waals surface area contributed by atoms with Gasteiger partial charge in [0, 0.05) is 6.54 Å². The number of furan rings is 1. The number of rotatable bonds is 2. The minimum atomic E-state index is -0.169. The second kappa shape index (κ2) is 5.82. The summed E-state index contributed by atoms with van der Waals surface area (Å²) < 4.78 is 5.47. The first kappa shape index (κ1) is 14.0. The van der Waals surface area contributed by atoms with Crippen molar-refractivity contribution >= 4 is 17.5 Å². The van der Waals surface area contributed by atoms with E-state index in [0.29, 0.717) is 17.1 Å². The number of amides is 1. The van der Waals surface area contributed by atoms with Crippen LogP contribution in [0.25, 0.3) is 0 Å². The van der Waals surface area contributed by atoms with Gasteiger partial charge < -0.3 is 14.4 Å². The number of likely N-dealkylation sites (tertiary alicyclic amines) is 1. The molecule has 4 nitrogen and oxygen atoms in total. The average molecular weight is 306 g/mol. The number of phenols is 1. The van der Waals surface area contributed by atoms with Gasteiger partial charge in [0.1, 0.15) is 11.5 Å². The van der Waals surface area contributed by atoms with Gasteiger partial charge in [0.25, 0.3) is 5.91 Å². The van der Waals surface area contributed by atoms with Crippen LogP contribution in [0.2, 0.25) is 5.02 Å². The summed E-state index contributed by atoms with van der Waals surface area (Å²) >= 11 is 6.10. The highest BCUT2D eigenvalue weighted by molar-refractivity contribution is 6.33. The highest BCUT2D eigenvalue weighted by atomic mass is 35.5. The SMILES string of the molecule is O=C(c1cc(O)ccc1Cl)N1CCCCC1c1ccco1. The largest absolute Gasteiger partial charge is 0.508 e. The van der Waals surface area contributed by atoms with Crippen LogP contribution in [-0.4, -0.2) is 22.5 Å². The molecule has 1 unspecified atom stereocenters. The number of aromatic hydroxyl groups is 1. The molecule has 1 atom stereocenters. The quantitative estimate of drug-likeness (QED) is 0.912. The average Bonchev–Trinajstić information content (AvgIpc) is 3.03. The van der Waals surface area contributed by atoms with Crippen LogP contribution >= 0.6 is 11.6 Å². The third-order valence-electron chi connectivity index (χ3n) is 3.82. The summed E-state index contributed by atoms with van der Waals surface area (Å²) in [6.45, 7) is 0.663. The Morgan fingerprint density at radius 1 is 1.33 bits per heavy atom. The summed E-state index contributed by atoms with van der Waals surface area (Å²) in [6, 6.07) is 8.07. The van der Waals surface area contributed by atoms with Crippen molar-refractivity contribution in [2.75, 3.05) is 6.54 Å². The predicted molar refractivity (Wildman–Crippen MR) is 79.5 cm³/mol. The molecular formula is C16H16ClNO3. The zero-order valence-electron chi connectivity index (χ0n) is 11.5. The van der Waals surface area contributed by atoms with Crippen molar-refractivity contribution in [2.45, 2.75) is 25.3 Å². The molecule has 1 fully saturated rings. The molecule has 3 rings (SSSR count). The number of hydrogen-bond acceptors (Lipinski definition) is 3. The lowest BCUT2D eigenvalue weighted by Crippen LogP contribution is -2.38. The fraction of sp³-hybridized carbons (Fsp3) is 0.312. The molecular weight excluding hydrogens is 290 g/mol. The molecule has 2 aromatic rings. The van der Waals surface area contributed by atoms with Crippen molar-refractivity contribution in [3.05, 3.63) is 52.9 Å². The van der Waals surface area contributed by atoms with Crippen LogP contribution in [0.1, 0.15) is 41.4 Å². The van der Waals surface area contributed by atoms with Gasteiger partial charge in [0.2, 0.25) is 0 Å². The zero-order chi connectivity index (χ0) is 14.8. The summed E-state index contributed by atoms with van der Waals surface area (Å²) in [7, 11) is 0. The van der Waals surface area contributed by atoms with Crippen LogP contribution in [0.5, 0.6) is 5.75 Å². The fourth-order valence-corrected chi connectivity index (χ4v) is 2.98. The van der Waals surface area contributed by atoms with E-state index in [0.717, 1.165) is 25.0 Å². The van der Waals surface area contributed by atoms with Crippen molar-refractivity contribution < 1.29 is 14.3 Å². The van der Waals surface area contributed by atoms with Crippen LogP contribution in [0.4, 0.5) is 0 Å². The number of halogens is 1. The molecule has 1 aromatic carbocycles. The zero-order valence-corrected chi connectivity index (χ0v) is 12.2. The van der Waals surface area contributed by atoms with E-state index in [1.807, 2.05) is 12.1 Å². The summed E-state index contributed by atoms with van der Waals surface area (Å²) in [5.41, 5.74) is 0.329. The van der Waals surface area contributed by atoms with Crippen molar-refractivity contribution in [2.24, 2.45) is 0 Å². The molecule has 21 heavy (non-hydrogen) atoms. The van der Waals surface area contributed by atoms with Gasteiger partial charge in [-0.15, -0.1) is 0 Å². The molecule has 1 N–H and O–H groups in total. The minimum absolute atomic E-state index is 0.0364. The van der Waals surface area contributed by atoms with Crippen LogP contribution in [0, 0.1) is 0 Å². The maximum atomic E-state index is 12.8. The maximum Gasteiger partial charge on any atom is 0.256 e. The number of benzene rings is 1. The second-order valence-corrected chi connectivity index (χ2v) is 5.60. The lowest BCUT2D eigenvalue weighted by Gasteiger charge is -2.34. The lowest BCUT2D eigenvalue weighted by molar-refractivity contribution is 0.0580. The molecule has 0 aliphatic carbocycles. The first-order valence-electron chi connectivity index (χ1n) is 6.99. The molecule has 0 saturated carbocycles. The summed E-state index contributed by atoms with van der Waals surface area (Å²) in [4.78, 5) is 14.5. The number of phenolic OH excluding ortho intramolecular Hbond substituents is 1. The van der Waals surface area contributed by atoms with E-state index in [9.17, 15) is 9.90 Å². The fourth-order valence-electron chi connectivity index (χ4n) is 2.78. The standard InChI is InChI=1S/C16H16ClNO3/c17-13-7-6-11(19)10-12(13)16(20)18-8-2-1-4-14(18)15-5-3-9-21-15/h3,5-7,9-10,14,19H,1-2,4,8H2. The van der Waals surface area contributed by atoms with Gasteiger partial charge in [-0.2, -0.15) is 0 Å². The van der Waals surface area contributed by atoms with E-state index in [2.05, 4.69) is 0 Å². The Labute approximate surface area is 127 Å². The molecule has 5 heteroatoms. The number of piperidine rings is 1. The first-order chi connectivity index (χ1) is 10.2. The Bertz CT molecular complexity index is 639. The van der Waals surface area contributed by atoms with Crippen molar-refractivity contribution in [1.82, 2.24) is 4.90 Å². The van der Waals surface area contributed by atoms with Crippen LogP contribution in [0.15, 0.2) is 41.0 Å². The topological polar surface area (TPSA) is 53.7 Å². The van der Waals surface area contributed by atoms with Gasteiger partial charge in [0.15, 0.2) is 0 Å². The molecule has 0 bridgehead atoms. The van der Waals surface area contributed by atoms with Crippen molar-refractivity contribution in [1.29, 1.82) is 0 Å². The molecule has 1 aliphatic heterocycles. The van der Waals surface area contributed by atoms with E-state index < -0.39 is 0 Å². The van der Waals surface area contributed by atoms with Crippen molar-refractivity contribution in [3.8, 4) is 5.75 Å². The Kier molecular flexibility index (Phi) is 3.88. The Morgan fingerprint density at radius 3 is 2.95 bits per heavy atom. The molecule has 1 aliphatic rings. The highest BCUT2D eigenvalue weighted by Gasteiger charge is 2.31. The summed E-state index contributed by atoms with van der Waals surface area (Å²) in [6.07, 6.45) is 4.51. The van der Waals surface area contributed by atoms with E-state index in [1.54, 1.807) is 11.2 Å². The normalized spacial score (nSPS) is 18.7. The molecule has 0 spiro atoms. The molecule has 1 aromatic heterocycles. The number of carbonyl (C=O) groups is 1. The molecule has 1 saturated heterocycles. The van der Waals surface area contributed by atoms with Crippen LogP contribution in [-0.2, 0) is 0 Å². The molecule has 110 valence electrons. The monoisotopic (exact) mass is 305 g/mol. The Morgan fingerprint density at radius 2 is 2.19 bits per heavy atom. The van der Waals surface area contributed by atoms with E-state index in [4.69, 9.17) is 16.0 Å². The van der Waals surface area contributed by atoms with Gasteiger partial charge in [-0.05, 0) is 49.6 Å². The van der Waals surface area contributed by atoms with Gasteiger partial charge in [-0.25, -0.2) is 0 Å². The highest BCUT2D eigenvalue weighted by Crippen LogP contribution is 2.34. The first-order valence-corrected chi connectivity index (χ1v) is 7.37. The minimum Gasteiger partial charge on any atom is -0.508 e. The summed E-state index contributed by atoms with van der Waals surface area (Å²) in [5, 5.41) is 9.94. The smallest absolute Gasteiger partial charge is 0.256 e. The van der Waals surface area contributed by atoms with Gasteiger partial charge in [-0.1, -0.05) is 11.6 Å². The third kappa shape index (κ3) is 2.76. The number of nitrogens with zero attached hydrogens (tertiary/aromatic N) is 1. The third-order valence-corrected chi connectivity index (χ3v) is 4.15. The van der Waals surface area contributed by atoms with E-state index in [-0.39, 0.29) is 17.7 Å². The van der Waals surface area contributed by atoms with E-state index in [1.165, 1.54) is 18.2 Å². The maximum absolute atomic E-state index is 12.8. The van der Waals surface area contributed by atoms with E-state index >= 15 is 0 Å². The Balaban J connectivity index is 1.93. The van der Waals surface area contributed by atoms with Crippen LogP contribution < -0.4 is 0 Å². The van der Waals surface area contributed by atoms with Crippen molar-refractivity contribution in [3.63, 3.8) is 0 Å². The number of carbonyl (C=O) groups excluding carboxylic acids is 1. The number of hydrogen-bond donors (Lipinski definition) is 1. The van der Waals surface area contributed by atoms with Crippen LogP contribution in [0.3, 0.4) is 0 Å². The lowest BCUT2D eigenvalue weighted by atomic mass is 9.98. The van der Waals surface area contributed by atoms with Gasteiger partial charge >= 0.3 is 0 Å².